The molecule has 23 rings (SSSR count). The quantitative estimate of drug-likeness (QED) is 0.150. The number of nitrogens with zero attached hydrogens (tertiary/aromatic N) is 14. The van der Waals surface area contributed by atoms with E-state index in [0.29, 0.717) is 0 Å². The topological polar surface area (TPSA) is 135 Å². The van der Waals surface area contributed by atoms with E-state index in [1.165, 1.54) is 0 Å². The first kappa shape index (κ1) is 104. The Morgan fingerprint density at radius 3 is 0.483 bits per heavy atom. The van der Waals surface area contributed by atoms with Crippen LogP contribution in [0, 0.1) is 24.3 Å². The first-order valence-electron chi connectivity index (χ1n) is 50.6. The molecular formula is C130H128N14Pt3. The van der Waals surface area contributed by atoms with Gasteiger partial charge in [0.15, 0.2) is 0 Å². The van der Waals surface area contributed by atoms with Gasteiger partial charge < -0.3 is 37.4 Å². The van der Waals surface area contributed by atoms with Gasteiger partial charge in [-0.3, -0.25) is 0 Å². The molecule has 0 atom stereocenters. The molecule has 0 unspecified atom stereocenters. The third kappa shape index (κ3) is 17.5. The van der Waals surface area contributed by atoms with E-state index in [2.05, 4.69) is 558 Å². The molecule has 3 aliphatic rings. The molecule has 0 saturated carbocycles. The Morgan fingerprint density at radius 2 is 0.306 bits per heavy atom. The van der Waals surface area contributed by atoms with Crippen molar-refractivity contribution in [1.29, 1.82) is 0 Å². The zero-order chi connectivity index (χ0) is 101. The van der Waals surface area contributed by atoms with Crippen LogP contribution in [0.3, 0.4) is 0 Å². The molecule has 0 radical (unpaired) electrons. The normalized spacial score (nSPS) is 16.9. The van der Waals surface area contributed by atoms with Crippen molar-refractivity contribution < 1.29 is 63.2 Å². The SMILES string of the molecule is CC1(C)c2[c-]c(ccc2)C(C)(C)c2cn(-c3ccccc3)c(n2)C(C)(C)c2[c-]c(ccc2)C(C)(C)c2nc1cn2-c1ccccc1.CC1(C)c2[c-]c(ccc2)C(C)(C)c2nc(cn2-c2ccccc2)C(C)(C)c2[c-]c(ccc2)C(C)(C)c2nc1cn2-c1ccccc1.CC1(C)c2cn(-c3ccccc3)c(n2)C(C)(C)c2[n-]c(c3ccccc23)C(C)(C)c2cn(-c3ccccc3)c(n2)C(C)(C)c2[n-]c1c1ccccc21.[Pt+2].[Pt+2].[Pt+2]. The maximum absolute atomic E-state index is 5.64. The molecule has 3 aliphatic heterocycles. The van der Waals surface area contributed by atoms with Crippen LogP contribution in [0.2, 0.25) is 0 Å². The van der Waals surface area contributed by atoms with Crippen LogP contribution in [0.25, 0.3) is 55.7 Å². The number of aromatic nitrogens is 14. The van der Waals surface area contributed by atoms with Gasteiger partial charge in [-0.1, -0.05) is 324 Å². The summed E-state index contributed by atoms with van der Waals surface area (Å²) in [4.78, 5) is 44.4. The van der Waals surface area contributed by atoms with Crippen LogP contribution in [0.1, 0.15) is 303 Å². The molecule has 0 aliphatic carbocycles. The van der Waals surface area contributed by atoms with Crippen molar-refractivity contribution in [2.45, 2.75) is 231 Å². The molecule has 17 heteroatoms. The van der Waals surface area contributed by atoms with Gasteiger partial charge in [0, 0.05) is 136 Å². The monoisotopic (exact) mass is 2470 g/mol. The fourth-order valence-corrected chi connectivity index (χ4v) is 21.9. The second-order valence-electron chi connectivity index (χ2n) is 46.1. The molecule has 8 aromatic heterocycles. The zero-order valence-corrected chi connectivity index (χ0v) is 95.4. The summed E-state index contributed by atoms with van der Waals surface area (Å²) >= 11 is 0. The van der Waals surface area contributed by atoms with Crippen molar-refractivity contribution in [3.63, 3.8) is 0 Å². The third-order valence-corrected chi connectivity index (χ3v) is 31.9. The molecule has 12 aromatic carbocycles. The first-order chi connectivity index (χ1) is 68.4. The fourth-order valence-electron chi connectivity index (χ4n) is 21.9. The van der Waals surface area contributed by atoms with E-state index >= 15 is 0 Å². The molecular weight excluding hydrogens is 2340 g/mol. The average Bonchev–Trinajstić information content (AvgIpc) is 1.55. The minimum atomic E-state index is -0.571. The molecule has 0 fully saturated rings. The van der Waals surface area contributed by atoms with Crippen LogP contribution < -0.4 is 9.97 Å². The van der Waals surface area contributed by atoms with Crippen molar-refractivity contribution in [3.8, 4) is 34.1 Å². The van der Waals surface area contributed by atoms with Crippen molar-refractivity contribution in [2.24, 2.45) is 0 Å². The number of para-hydroxylation sites is 6. The molecule has 0 N–H and O–H groups in total. The Bertz CT molecular complexity index is 7770. The summed E-state index contributed by atoms with van der Waals surface area (Å²) in [7, 11) is 0. The smallest absolute Gasteiger partial charge is 0.662 e. The minimum absolute atomic E-state index is 0. The summed E-state index contributed by atoms with van der Waals surface area (Å²) in [5.74, 6) is 5.79. The summed E-state index contributed by atoms with van der Waals surface area (Å²) < 4.78 is 13.6. The Labute approximate surface area is 910 Å². The molecule has 147 heavy (non-hydrogen) atoms. The summed E-state index contributed by atoms with van der Waals surface area (Å²) in [5, 5.41) is 4.56. The van der Waals surface area contributed by atoms with Crippen LogP contribution in [0.5, 0.6) is 0 Å². The van der Waals surface area contributed by atoms with Crippen LogP contribution in [0.4, 0.5) is 0 Å². The van der Waals surface area contributed by atoms with E-state index in [1.807, 2.05) is 0 Å². The maximum Gasteiger partial charge on any atom is 2.00 e. The van der Waals surface area contributed by atoms with Gasteiger partial charge in [-0.25, -0.2) is 29.9 Å². The Kier molecular flexibility index (Phi) is 26.9. The summed E-state index contributed by atoms with van der Waals surface area (Å²) in [6, 6.07) is 122. The number of rotatable bonds is 6. The molecule has 748 valence electrons. The largest absolute Gasteiger partial charge is 2.00 e. The van der Waals surface area contributed by atoms with E-state index in [0.717, 1.165) is 192 Å². The van der Waals surface area contributed by atoms with Crippen LogP contribution >= 0.6 is 0 Å². The van der Waals surface area contributed by atoms with Crippen LogP contribution in [-0.4, -0.2) is 57.3 Å². The number of hydrogen-bond donors (Lipinski definition) is 0. The van der Waals surface area contributed by atoms with Crippen LogP contribution in [-0.2, 0) is 128 Å². The molecule has 0 spiro atoms. The Hall–Kier alpha value is -13.0. The molecule has 24 bridgehead atoms. The maximum atomic E-state index is 5.64. The van der Waals surface area contributed by atoms with Gasteiger partial charge in [-0.2, -0.15) is 119 Å². The van der Waals surface area contributed by atoms with Gasteiger partial charge >= 0.3 is 63.2 Å². The average molecular weight is 2470 g/mol. The van der Waals surface area contributed by atoms with Crippen molar-refractivity contribution in [3.05, 3.63) is 501 Å². The van der Waals surface area contributed by atoms with E-state index in [4.69, 9.17) is 39.9 Å². The molecule has 0 saturated heterocycles. The standard InChI is InChI=1S/C46H44N6.2C42H42N4.3Pt/c1-43(2)35-27-51(29-19-11-9-12-20-29)41(47-35)46(7,8)40-34-26-18-16-24-32(34)38(50-40)44(3,4)36-28-52(30-21-13-10-14-22-30)42(48-36)45(5,6)39-33-25-17-15-23-31(33)37(43)49-39;1-39(2)29-17-15-19-31(25-29)41(5,6)38-44-36(28-46(38)34-23-13-10-14-24-34)40(3,4)30-18-16-20-32(26-30)42(7,8)37-43-35(39)27-45(37)33-21-11-9-12-22-33;1-39(2)29-17-15-18-30(25-29)40(3,4)36-28-46(34-23-13-10-14-24-34)38(44-36)42(7,8)32-20-16-19-31(26-32)41(5,6)37-43-35(39)27-45(37)33-21-11-9-12-22-33;;;/h9-28H,1-8H3;2*9-24,27-28H,1-8H3;;;/q3*-2;3*+2. The summed E-state index contributed by atoms with van der Waals surface area (Å²) in [6.07, 6.45) is 13.3. The Balaban J connectivity index is 0.000000143. The minimum Gasteiger partial charge on any atom is -0.662 e. The van der Waals surface area contributed by atoms with Crippen molar-refractivity contribution >= 4 is 21.5 Å². The van der Waals surface area contributed by atoms with Gasteiger partial charge in [0.05, 0.1) is 34.2 Å². The van der Waals surface area contributed by atoms with Crippen LogP contribution in [0.15, 0.2) is 340 Å². The molecule has 14 nitrogen and oxygen atoms in total. The predicted molar refractivity (Wildman–Crippen MR) is 583 cm³/mol. The number of hydrogen-bond acceptors (Lipinski definition) is 6. The Morgan fingerprint density at radius 1 is 0.163 bits per heavy atom. The fraction of sp³-hybridized carbons (Fsp3) is 0.277. The summed E-state index contributed by atoms with van der Waals surface area (Å²) in [6.45, 7) is 54.2. The van der Waals surface area contributed by atoms with E-state index in [1.54, 1.807) is 0 Å². The first-order valence-corrected chi connectivity index (χ1v) is 50.6. The van der Waals surface area contributed by atoms with E-state index < -0.39 is 65.0 Å². The second-order valence-corrected chi connectivity index (χ2v) is 46.1. The van der Waals surface area contributed by atoms with Gasteiger partial charge in [0.1, 0.15) is 34.9 Å². The van der Waals surface area contributed by atoms with Gasteiger partial charge in [-0.05, 0) is 94.3 Å². The van der Waals surface area contributed by atoms with Gasteiger partial charge in [-0.15, -0.1) is 45.0 Å². The second kappa shape index (κ2) is 38.0. The van der Waals surface area contributed by atoms with Gasteiger partial charge in [0.25, 0.3) is 0 Å². The number of imidazole rings is 6. The van der Waals surface area contributed by atoms with Crippen molar-refractivity contribution in [2.75, 3.05) is 0 Å². The molecule has 20 aromatic rings. The molecule has 0 amide bonds. The number of fused-ring (bicyclic) bond motifs is 30. The predicted octanol–water partition coefficient (Wildman–Crippen LogP) is 28.4. The summed E-state index contributed by atoms with van der Waals surface area (Å²) in [5.41, 5.74) is 19.5. The van der Waals surface area contributed by atoms with E-state index in [9.17, 15) is 0 Å². The number of benzene rings is 12. The third-order valence-electron chi connectivity index (χ3n) is 31.9. The zero-order valence-electron chi connectivity index (χ0n) is 88.5. The van der Waals surface area contributed by atoms with Gasteiger partial charge in [0.2, 0.25) is 0 Å². The molecule has 11 heterocycles. The van der Waals surface area contributed by atoms with E-state index in [-0.39, 0.29) is 63.2 Å². The van der Waals surface area contributed by atoms with Crippen molar-refractivity contribution in [1.82, 2.24) is 67.3 Å².